The fourth-order valence-corrected chi connectivity index (χ4v) is 3.51. The Kier molecular flexibility index (Phi) is 4.43. The van der Waals surface area contributed by atoms with Crippen molar-refractivity contribution in [3.8, 4) is 0 Å². The van der Waals surface area contributed by atoms with Gasteiger partial charge >= 0.3 is 11.9 Å². The Hall–Kier alpha value is -2.18. The minimum Gasteiger partial charge on any atom is -0.430 e. The first-order chi connectivity index (χ1) is 11.4. The molecule has 6 heteroatoms. The highest BCUT2D eigenvalue weighted by molar-refractivity contribution is 5.70. The van der Waals surface area contributed by atoms with Crippen LogP contribution in [0.15, 0.2) is 47.0 Å². The van der Waals surface area contributed by atoms with Crippen LogP contribution >= 0.6 is 0 Å². The summed E-state index contributed by atoms with van der Waals surface area (Å²) in [4.78, 5) is 23.1. The number of aliphatic hydroxyl groups is 2. The molecule has 3 aliphatic carbocycles. The van der Waals surface area contributed by atoms with Gasteiger partial charge in [0.05, 0.1) is 12.2 Å². The van der Waals surface area contributed by atoms with E-state index in [4.69, 9.17) is 9.47 Å². The second-order valence-corrected chi connectivity index (χ2v) is 6.24. The van der Waals surface area contributed by atoms with Gasteiger partial charge < -0.3 is 19.7 Å². The van der Waals surface area contributed by atoms with Crippen LogP contribution < -0.4 is 0 Å². The summed E-state index contributed by atoms with van der Waals surface area (Å²) < 4.78 is 10.9. The molecule has 4 atom stereocenters. The smallest absolute Gasteiger partial charge is 0.307 e. The molecule has 0 bridgehead atoms. The third kappa shape index (κ3) is 2.95. The van der Waals surface area contributed by atoms with Crippen LogP contribution in [-0.4, -0.2) is 34.4 Å². The normalized spacial score (nSPS) is 31.5. The molecule has 0 aromatic carbocycles. The van der Waals surface area contributed by atoms with Crippen LogP contribution in [0, 0.1) is 11.8 Å². The van der Waals surface area contributed by atoms with E-state index in [1.54, 1.807) is 0 Å². The second kappa shape index (κ2) is 6.37. The minimum absolute atomic E-state index is 0.144. The Morgan fingerprint density at radius 2 is 1.25 bits per heavy atom. The van der Waals surface area contributed by atoms with Crippen molar-refractivity contribution in [1.29, 1.82) is 0 Å². The number of hydrogen-bond donors (Lipinski definition) is 2. The highest BCUT2D eigenvalue weighted by Crippen LogP contribution is 2.47. The largest absolute Gasteiger partial charge is 0.430 e. The van der Waals surface area contributed by atoms with Crippen LogP contribution in [-0.2, 0) is 19.1 Å². The zero-order valence-electron chi connectivity index (χ0n) is 13.6. The molecule has 1 saturated carbocycles. The van der Waals surface area contributed by atoms with E-state index in [1.807, 2.05) is 24.3 Å². The summed E-state index contributed by atoms with van der Waals surface area (Å²) in [5.41, 5.74) is 1.28. The maximum Gasteiger partial charge on any atom is 0.307 e. The number of hydrogen-bond acceptors (Lipinski definition) is 6. The van der Waals surface area contributed by atoms with Crippen molar-refractivity contribution in [2.75, 3.05) is 0 Å². The summed E-state index contributed by atoms with van der Waals surface area (Å²) in [5, 5.41) is 20.1. The van der Waals surface area contributed by atoms with Crippen molar-refractivity contribution >= 4 is 11.9 Å². The number of rotatable bonds is 2. The van der Waals surface area contributed by atoms with Crippen LogP contribution in [0.25, 0.3) is 0 Å². The third-order valence-corrected chi connectivity index (χ3v) is 4.48. The topological polar surface area (TPSA) is 93.1 Å². The SMILES string of the molecule is CC(=O)OC1=C2C[C@@H](O)[C@H](O)CC2=C(OC(C)=O)C2C=CC=CC12. The van der Waals surface area contributed by atoms with Crippen molar-refractivity contribution in [1.82, 2.24) is 0 Å². The van der Waals surface area contributed by atoms with Gasteiger partial charge in [0, 0.05) is 49.7 Å². The lowest BCUT2D eigenvalue weighted by atomic mass is 9.71. The number of carbonyl (C=O) groups excluding carboxylic acids is 2. The first kappa shape index (κ1) is 16.7. The number of esters is 2. The third-order valence-electron chi connectivity index (χ3n) is 4.48. The average molecular weight is 332 g/mol. The highest BCUT2D eigenvalue weighted by atomic mass is 16.5. The molecular formula is C18H20O6. The van der Waals surface area contributed by atoms with Gasteiger partial charge in [0.15, 0.2) is 0 Å². The number of allylic oxidation sites excluding steroid dienone is 4. The number of ether oxygens (including phenoxy) is 2. The summed E-state index contributed by atoms with van der Waals surface area (Å²) in [6, 6.07) is 0. The molecule has 1 fully saturated rings. The number of carbonyl (C=O) groups is 2. The van der Waals surface area contributed by atoms with Crippen molar-refractivity contribution in [3.63, 3.8) is 0 Å². The zero-order chi connectivity index (χ0) is 17.4. The van der Waals surface area contributed by atoms with Gasteiger partial charge in [-0.25, -0.2) is 0 Å². The average Bonchev–Trinajstić information content (AvgIpc) is 2.52. The Bertz CT molecular complexity index is 636. The summed E-state index contributed by atoms with van der Waals surface area (Å²) in [6.07, 6.45) is 5.84. The molecule has 2 unspecified atom stereocenters. The molecule has 24 heavy (non-hydrogen) atoms. The van der Waals surface area contributed by atoms with Crippen LogP contribution in [0.3, 0.4) is 0 Å². The predicted molar refractivity (Wildman–Crippen MR) is 84.1 cm³/mol. The van der Waals surface area contributed by atoms with Crippen LogP contribution in [0.4, 0.5) is 0 Å². The molecule has 6 nitrogen and oxygen atoms in total. The molecule has 3 aliphatic rings. The van der Waals surface area contributed by atoms with E-state index in [0.717, 1.165) is 0 Å². The lowest BCUT2D eigenvalue weighted by molar-refractivity contribution is -0.140. The zero-order valence-corrected chi connectivity index (χ0v) is 13.6. The van der Waals surface area contributed by atoms with E-state index >= 15 is 0 Å². The van der Waals surface area contributed by atoms with Gasteiger partial charge in [-0.2, -0.15) is 0 Å². The molecule has 0 amide bonds. The molecular weight excluding hydrogens is 312 g/mol. The van der Waals surface area contributed by atoms with Crippen LogP contribution in [0.5, 0.6) is 0 Å². The summed E-state index contributed by atoms with van der Waals surface area (Å²) >= 11 is 0. The maximum atomic E-state index is 11.6. The fourth-order valence-electron chi connectivity index (χ4n) is 3.51. The molecule has 0 heterocycles. The lowest BCUT2D eigenvalue weighted by Gasteiger charge is -2.39. The molecule has 128 valence electrons. The Morgan fingerprint density at radius 1 is 0.875 bits per heavy atom. The van der Waals surface area contributed by atoms with Crippen LogP contribution in [0.1, 0.15) is 26.7 Å². The maximum absolute atomic E-state index is 11.6. The Balaban J connectivity index is 2.16. The first-order valence-electron chi connectivity index (χ1n) is 7.93. The van der Waals surface area contributed by atoms with E-state index < -0.39 is 24.1 Å². The summed E-state index contributed by atoms with van der Waals surface area (Å²) in [5.74, 6) is -0.538. The van der Waals surface area contributed by atoms with Crippen LogP contribution in [0.2, 0.25) is 0 Å². The first-order valence-corrected chi connectivity index (χ1v) is 7.93. The van der Waals surface area contributed by atoms with Gasteiger partial charge in [-0.1, -0.05) is 24.3 Å². The fraction of sp³-hybridized carbons (Fsp3) is 0.444. The second-order valence-electron chi connectivity index (χ2n) is 6.24. The predicted octanol–water partition coefficient (Wildman–Crippen LogP) is 1.51. The van der Waals surface area contributed by atoms with Gasteiger partial charge in [0.2, 0.25) is 0 Å². The highest BCUT2D eigenvalue weighted by Gasteiger charge is 2.43. The van der Waals surface area contributed by atoms with Crippen molar-refractivity contribution < 1.29 is 29.3 Å². The van der Waals surface area contributed by atoms with Gasteiger partial charge in [-0.15, -0.1) is 0 Å². The van der Waals surface area contributed by atoms with Crippen molar-refractivity contribution in [2.45, 2.75) is 38.9 Å². The summed E-state index contributed by atoms with van der Waals surface area (Å²) in [7, 11) is 0. The van der Waals surface area contributed by atoms with E-state index in [2.05, 4.69) is 0 Å². The van der Waals surface area contributed by atoms with E-state index in [1.165, 1.54) is 13.8 Å². The minimum atomic E-state index is -0.951. The standard InChI is InChI=1S/C18H20O6/c1-9(19)23-17-11-5-3-4-6-12(11)18(24-10(2)20)14-8-16(22)15(21)7-13(14)17/h3-6,11-12,15-16,21-22H,7-8H2,1-2H3/t11?,12?,15-,16-/m1/s1. The van der Waals surface area contributed by atoms with E-state index in [9.17, 15) is 19.8 Å². The monoisotopic (exact) mass is 332 g/mol. The van der Waals surface area contributed by atoms with Gasteiger partial charge in [-0.3, -0.25) is 9.59 Å². The summed E-state index contributed by atoms with van der Waals surface area (Å²) in [6.45, 7) is 2.65. The molecule has 0 aromatic heterocycles. The van der Waals surface area contributed by atoms with Crippen molar-refractivity contribution in [3.05, 3.63) is 47.0 Å². The van der Waals surface area contributed by atoms with Crippen molar-refractivity contribution in [2.24, 2.45) is 11.8 Å². The molecule has 0 aliphatic heterocycles. The number of fused-ring (bicyclic) bond motifs is 2. The number of aliphatic hydroxyl groups excluding tert-OH is 2. The lowest BCUT2D eigenvalue weighted by Crippen LogP contribution is -2.37. The molecule has 2 N–H and O–H groups in total. The van der Waals surface area contributed by atoms with Gasteiger partial charge in [0.1, 0.15) is 11.5 Å². The molecule has 0 radical (unpaired) electrons. The van der Waals surface area contributed by atoms with E-state index in [-0.39, 0.29) is 24.7 Å². The molecule has 0 spiro atoms. The Morgan fingerprint density at radius 3 is 1.58 bits per heavy atom. The Labute approximate surface area is 139 Å². The molecule has 0 saturated heterocycles. The molecule has 0 aromatic rings. The quantitative estimate of drug-likeness (QED) is 0.745. The van der Waals surface area contributed by atoms with E-state index in [0.29, 0.717) is 22.7 Å². The molecule has 3 rings (SSSR count). The van der Waals surface area contributed by atoms with Gasteiger partial charge in [0.25, 0.3) is 0 Å². The van der Waals surface area contributed by atoms with Gasteiger partial charge in [-0.05, 0) is 0 Å².